The Balaban J connectivity index is 0.000000194. The fraction of sp³-hybridized carbons (Fsp3) is 0.167. The van der Waals surface area contributed by atoms with Crippen molar-refractivity contribution < 1.29 is 0 Å². The molecule has 0 fully saturated rings. The van der Waals surface area contributed by atoms with Gasteiger partial charge in [-0.25, -0.2) is 0 Å². The minimum Gasteiger partial charge on any atom is -0.324 e. The van der Waals surface area contributed by atoms with Crippen LogP contribution in [0.4, 0.5) is 0 Å². The summed E-state index contributed by atoms with van der Waals surface area (Å²) in [5.41, 5.74) is 6.76. The zero-order valence-corrected chi connectivity index (χ0v) is 12.7. The fourth-order valence-electron chi connectivity index (χ4n) is 1.77. The molecule has 0 radical (unpaired) electrons. The van der Waals surface area contributed by atoms with E-state index in [0.29, 0.717) is 0 Å². The maximum Gasteiger partial charge on any atom is 0.0308 e. The Bertz CT molecular complexity index is 525. The van der Waals surface area contributed by atoms with E-state index in [9.17, 15) is 0 Å². The van der Waals surface area contributed by atoms with Crippen LogP contribution in [0.25, 0.3) is 0 Å². The van der Waals surface area contributed by atoms with Gasteiger partial charge in [-0.1, -0.05) is 48.6 Å². The molecule has 1 aromatic carbocycles. The minimum absolute atomic E-state index is 0.269. The predicted octanol–water partition coefficient (Wildman–Crippen LogP) is 4.20. The van der Waals surface area contributed by atoms with Crippen molar-refractivity contribution in [2.24, 2.45) is 5.73 Å². The molecular weight excluding hydrogens is 276 g/mol. The molecule has 0 aliphatic heterocycles. The largest absolute Gasteiger partial charge is 0.324 e. The summed E-state index contributed by atoms with van der Waals surface area (Å²) in [6, 6.07) is 14.8. The number of benzene rings is 1. The number of nitrogens with two attached hydrogens (primary N) is 1. The molecule has 2 aromatic rings. The lowest BCUT2D eigenvalue weighted by molar-refractivity contribution is 0.826. The molecule has 3 heteroatoms. The van der Waals surface area contributed by atoms with Crippen LogP contribution in [-0.4, -0.2) is 11.0 Å². The summed E-state index contributed by atoms with van der Waals surface area (Å²) < 4.78 is 0. The molecule has 21 heavy (non-hydrogen) atoms. The summed E-state index contributed by atoms with van der Waals surface area (Å²) in [6.07, 6.45) is 12.8. The van der Waals surface area contributed by atoms with Crippen molar-refractivity contribution in [1.82, 2.24) is 4.98 Å². The van der Waals surface area contributed by atoms with Gasteiger partial charge in [-0.15, -0.1) is 11.8 Å². The Morgan fingerprint density at radius 3 is 2.52 bits per heavy atom. The maximum atomic E-state index is 5.50. The van der Waals surface area contributed by atoms with Crippen LogP contribution in [0, 0.1) is 0 Å². The summed E-state index contributed by atoms with van der Waals surface area (Å²) in [5, 5.41) is 0. The maximum absolute atomic E-state index is 5.50. The first-order valence-corrected chi connectivity index (χ1v) is 7.99. The molecule has 1 heterocycles. The quantitative estimate of drug-likeness (QED) is 0.863. The van der Waals surface area contributed by atoms with Crippen molar-refractivity contribution in [2.45, 2.75) is 23.1 Å². The van der Waals surface area contributed by atoms with E-state index in [4.69, 9.17) is 5.73 Å². The van der Waals surface area contributed by atoms with Gasteiger partial charge in [0.05, 0.1) is 0 Å². The van der Waals surface area contributed by atoms with Gasteiger partial charge >= 0.3 is 0 Å². The van der Waals surface area contributed by atoms with Crippen LogP contribution in [0.2, 0.25) is 0 Å². The molecular formula is C18H20N2S. The van der Waals surface area contributed by atoms with Gasteiger partial charge in [0.25, 0.3) is 0 Å². The summed E-state index contributed by atoms with van der Waals surface area (Å²) >= 11 is 1.83. The number of rotatable bonds is 3. The molecule has 3 rings (SSSR count). The van der Waals surface area contributed by atoms with E-state index < -0.39 is 0 Å². The number of pyridine rings is 1. The van der Waals surface area contributed by atoms with Crippen molar-refractivity contribution in [2.75, 3.05) is 0 Å². The second-order valence-corrected chi connectivity index (χ2v) is 5.72. The van der Waals surface area contributed by atoms with Gasteiger partial charge in [-0.05, 0) is 30.2 Å². The number of aromatic nitrogens is 1. The van der Waals surface area contributed by atoms with Crippen molar-refractivity contribution in [3.8, 4) is 0 Å². The molecule has 1 aliphatic carbocycles. The number of thioether (sulfide) groups is 1. The molecule has 1 aliphatic rings. The Labute approximate surface area is 130 Å². The first kappa shape index (κ1) is 15.5. The van der Waals surface area contributed by atoms with Crippen LogP contribution >= 0.6 is 11.8 Å². The van der Waals surface area contributed by atoms with E-state index in [-0.39, 0.29) is 6.04 Å². The van der Waals surface area contributed by atoms with E-state index in [1.54, 1.807) is 6.20 Å². The Morgan fingerprint density at radius 1 is 1.10 bits per heavy atom. The van der Waals surface area contributed by atoms with E-state index >= 15 is 0 Å². The molecule has 2 N–H and O–H groups in total. The highest BCUT2D eigenvalue weighted by molar-refractivity contribution is 7.98. The van der Waals surface area contributed by atoms with E-state index in [1.165, 1.54) is 10.5 Å². The normalized spacial score (nSPS) is 16.1. The molecule has 0 unspecified atom stereocenters. The summed E-state index contributed by atoms with van der Waals surface area (Å²) in [7, 11) is 0. The van der Waals surface area contributed by atoms with Gasteiger partial charge in [-0.3, -0.25) is 4.98 Å². The standard InChI is InChI=1S/C12H11NS.C6H9N/c1-2-6-12(7-3-1)14-10-11-5-4-8-13-9-11;7-6-4-2-1-3-5-6/h1-9H,10H2;1-4,6H,5,7H2/t;6-/m.0/s1. The fourth-order valence-corrected chi connectivity index (χ4v) is 2.62. The van der Waals surface area contributed by atoms with Crippen LogP contribution in [0.5, 0.6) is 0 Å². The molecule has 1 atom stereocenters. The minimum atomic E-state index is 0.269. The SMILES string of the molecule is N[C@H]1C=CC=CC1.c1ccc(SCc2cccnc2)cc1. The topological polar surface area (TPSA) is 38.9 Å². The Hall–Kier alpha value is -1.84. The van der Waals surface area contributed by atoms with E-state index in [1.807, 2.05) is 48.3 Å². The number of allylic oxidation sites excluding steroid dienone is 2. The van der Waals surface area contributed by atoms with Gasteiger partial charge in [0, 0.05) is 29.1 Å². The molecule has 108 valence electrons. The van der Waals surface area contributed by atoms with Crippen LogP contribution < -0.4 is 5.73 Å². The van der Waals surface area contributed by atoms with Crippen molar-refractivity contribution in [3.63, 3.8) is 0 Å². The highest BCUT2D eigenvalue weighted by Crippen LogP contribution is 2.21. The zero-order chi connectivity index (χ0) is 14.8. The lowest BCUT2D eigenvalue weighted by Crippen LogP contribution is -2.16. The monoisotopic (exact) mass is 296 g/mol. The highest BCUT2D eigenvalue weighted by Gasteiger charge is 1.94. The van der Waals surface area contributed by atoms with Gasteiger partial charge in [-0.2, -0.15) is 0 Å². The van der Waals surface area contributed by atoms with E-state index in [2.05, 4.69) is 41.4 Å². The van der Waals surface area contributed by atoms with Gasteiger partial charge in [0.2, 0.25) is 0 Å². The summed E-state index contributed by atoms with van der Waals surface area (Å²) in [4.78, 5) is 5.39. The third-order valence-corrected chi connectivity index (χ3v) is 3.97. The van der Waals surface area contributed by atoms with Crippen LogP contribution in [-0.2, 0) is 5.75 Å². The van der Waals surface area contributed by atoms with Gasteiger partial charge in [0.15, 0.2) is 0 Å². The summed E-state index contributed by atoms with van der Waals surface area (Å²) in [5.74, 6) is 0.984. The van der Waals surface area contributed by atoms with Crippen molar-refractivity contribution in [3.05, 3.63) is 84.7 Å². The lowest BCUT2D eigenvalue weighted by Gasteiger charge is -2.02. The number of hydrogen-bond acceptors (Lipinski definition) is 3. The van der Waals surface area contributed by atoms with Gasteiger partial charge < -0.3 is 5.73 Å². The molecule has 2 nitrogen and oxygen atoms in total. The van der Waals surface area contributed by atoms with Crippen LogP contribution in [0.15, 0.2) is 84.1 Å². The number of hydrogen-bond donors (Lipinski definition) is 1. The van der Waals surface area contributed by atoms with Crippen molar-refractivity contribution >= 4 is 11.8 Å². The lowest BCUT2D eigenvalue weighted by atomic mass is 10.1. The van der Waals surface area contributed by atoms with E-state index in [0.717, 1.165) is 12.2 Å². The first-order valence-electron chi connectivity index (χ1n) is 7.00. The number of nitrogens with zero attached hydrogens (tertiary/aromatic N) is 1. The van der Waals surface area contributed by atoms with Crippen molar-refractivity contribution in [1.29, 1.82) is 0 Å². The third-order valence-electron chi connectivity index (χ3n) is 2.89. The molecule has 0 saturated heterocycles. The average molecular weight is 296 g/mol. The van der Waals surface area contributed by atoms with Crippen LogP contribution in [0.1, 0.15) is 12.0 Å². The first-order chi connectivity index (χ1) is 10.3. The second-order valence-electron chi connectivity index (χ2n) is 4.68. The highest BCUT2D eigenvalue weighted by atomic mass is 32.2. The second kappa shape index (κ2) is 9.16. The summed E-state index contributed by atoms with van der Waals surface area (Å²) in [6.45, 7) is 0. The Morgan fingerprint density at radius 2 is 1.95 bits per heavy atom. The third kappa shape index (κ3) is 6.43. The smallest absolute Gasteiger partial charge is 0.0308 e. The zero-order valence-electron chi connectivity index (χ0n) is 11.9. The van der Waals surface area contributed by atoms with Gasteiger partial charge in [0.1, 0.15) is 0 Å². The average Bonchev–Trinajstić information content (AvgIpc) is 2.56. The molecule has 0 saturated carbocycles. The molecule has 0 amide bonds. The molecule has 1 aromatic heterocycles. The molecule has 0 bridgehead atoms. The predicted molar refractivity (Wildman–Crippen MR) is 91.1 cm³/mol. The van der Waals surface area contributed by atoms with Crippen LogP contribution in [0.3, 0.4) is 0 Å². The molecule has 0 spiro atoms. The Kier molecular flexibility index (Phi) is 6.78.